The van der Waals surface area contributed by atoms with E-state index < -0.39 is 0 Å². The molecule has 0 aliphatic carbocycles. The van der Waals surface area contributed by atoms with E-state index in [1.165, 1.54) is 0 Å². The van der Waals surface area contributed by atoms with Gasteiger partial charge in [-0.25, -0.2) is 0 Å². The molecule has 1 N–H and O–H groups in total. The third kappa shape index (κ3) is 6.41. The fourth-order valence-corrected chi connectivity index (χ4v) is 0.215. The van der Waals surface area contributed by atoms with Gasteiger partial charge in [0.1, 0.15) is 0 Å². The minimum Gasteiger partial charge on any atom is -0.286 e. The molecule has 5 heteroatoms. The zero-order valence-electron chi connectivity index (χ0n) is 3.77. The van der Waals surface area contributed by atoms with Gasteiger partial charge in [-0.15, -0.1) is 0 Å². The van der Waals surface area contributed by atoms with Crippen molar-refractivity contribution < 1.29 is 15.1 Å². The van der Waals surface area contributed by atoms with E-state index in [2.05, 4.69) is 10.2 Å². The Balaban J connectivity index is 0.000000145. The molecule has 0 bridgehead atoms. The number of hydrogen-bond acceptors (Lipinski definition) is 1. The van der Waals surface area contributed by atoms with Gasteiger partial charge in [0.15, 0.2) is 0 Å². The van der Waals surface area contributed by atoms with Gasteiger partial charge < -0.3 is 0 Å². The van der Waals surface area contributed by atoms with Crippen LogP contribution in [0.2, 0.25) is 0 Å². The number of hydrogen-bond donors (Lipinski definition) is 1. The zero-order valence-corrected chi connectivity index (χ0v) is 6.92. The molecule has 2 nitrogen and oxygen atoms in total. The Kier molecular flexibility index (Phi) is 7.80. The topological polar surface area (TPSA) is 28.7 Å². The molecule has 0 aliphatic rings. The molecule has 0 saturated heterocycles. The second kappa shape index (κ2) is 7.41. The van der Waals surface area contributed by atoms with E-state index in [-0.39, 0.29) is 15.1 Å². The minimum atomic E-state index is -0.226. The average molecular weight is 242 g/mol. The van der Waals surface area contributed by atoms with Crippen LogP contribution in [0.25, 0.3) is 0 Å². The van der Waals surface area contributed by atoms with Crippen LogP contribution < -0.4 is 0 Å². The average Bonchev–Trinajstić information content (AvgIpc) is 2.17. The molecule has 1 aromatic rings. The molecule has 0 saturated carbocycles. The standard InChI is InChI=1S/C3H4N2.2ClH.Rh/c1-2-4-5-3-1;;;/h1-3H,(H,4,5);2*1H;/q;;;+2/p-2. The summed E-state index contributed by atoms with van der Waals surface area (Å²) in [6, 6.07) is 1.83. The first-order valence-corrected chi connectivity index (χ1v) is 5.91. The summed E-state index contributed by atoms with van der Waals surface area (Å²) in [6.07, 6.45) is 3.46. The smallest absolute Gasteiger partial charge is 0.0487 e. The van der Waals surface area contributed by atoms with Gasteiger partial charge in [-0.05, 0) is 6.07 Å². The predicted molar refractivity (Wildman–Crippen MR) is 30.3 cm³/mol. The molecule has 0 aliphatic heterocycles. The van der Waals surface area contributed by atoms with E-state index >= 15 is 0 Å². The van der Waals surface area contributed by atoms with Crippen LogP contribution >= 0.6 is 19.4 Å². The van der Waals surface area contributed by atoms with Crippen molar-refractivity contribution in [2.75, 3.05) is 0 Å². The van der Waals surface area contributed by atoms with Gasteiger partial charge in [-0.3, -0.25) is 5.10 Å². The Morgan fingerprint density at radius 3 is 2.25 bits per heavy atom. The van der Waals surface area contributed by atoms with Crippen LogP contribution in [0.4, 0.5) is 0 Å². The first-order valence-electron chi connectivity index (χ1n) is 1.69. The maximum Gasteiger partial charge on any atom is 0.0487 e. The molecule has 1 aromatic heterocycles. The zero-order chi connectivity index (χ0) is 6.24. The maximum absolute atomic E-state index is 4.83. The molecule has 0 radical (unpaired) electrons. The number of nitrogens with one attached hydrogen (secondary N) is 1. The molecule has 8 heavy (non-hydrogen) atoms. The van der Waals surface area contributed by atoms with Crippen LogP contribution in [-0.2, 0) is 15.1 Å². The van der Waals surface area contributed by atoms with Gasteiger partial charge >= 0.3 is 34.5 Å². The van der Waals surface area contributed by atoms with Crippen molar-refractivity contribution in [2.24, 2.45) is 0 Å². The van der Waals surface area contributed by atoms with E-state index in [0.29, 0.717) is 0 Å². The van der Waals surface area contributed by atoms with E-state index in [1.807, 2.05) is 6.07 Å². The summed E-state index contributed by atoms with van der Waals surface area (Å²) in [5, 5.41) is 6.21. The number of halogens is 2. The molecule has 49 valence electrons. The van der Waals surface area contributed by atoms with Gasteiger partial charge in [0.2, 0.25) is 0 Å². The van der Waals surface area contributed by atoms with E-state index in [0.717, 1.165) is 0 Å². The summed E-state index contributed by atoms with van der Waals surface area (Å²) in [5.74, 6) is 0. The predicted octanol–water partition coefficient (Wildman–Crippen LogP) is 1.79. The quantitative estimate of drug-likeness (QED) is 0.690. The molecule has 0 aromatic carbocycles. The molecular weight excluding hydrogens is 238 g/mol. The number of H-pyrrole nitrogens is 1. The Bertz CT molecular complexity index is 82.2. The summed E-state index contributed by atoms with van der Waals surface area (Å²) >= 11 is -0.226. The summed E-state index contributed by atoms with van der Waals surface area (Å²) in [6.45, 7) is 0. The Morgan fingerprint density at radius 2 is 2.12 bits per heavy atom. The van der Waals surface area contributed by atoms with Crippen molar-refractivity contribution in [1.29, 1.82) is 0 Å². The van der Waals surface area contributed by atoms with Crippen molar-refractivity contribution in [1.82, 2.24) is 10.2 Å². The number of aromatic nitrogens is 2. The molecular formula is C3H4Cl2N2Rh. The molecule has 1 heterocycles. The minimum absolute atomic E-state index is 0.226. The largest absolute Gasteiger partial charge is 0.286 e. The summed E-state index contributed by atoms with van der Waals surface area (Å²) in [7, 11) is 9.67. The van der Waals surface area contributed by atoms with Crippen LogP contribution in [0.3, 0.4) is 0 Å². The van der Waals surface area contributed by atoms with Crippen LogP contribution in [-0.4, -0.2) is 10.2 Å². The third-order valence-corrected chi connectivity index (χ3v) is 0.406. The van der Waals surface area contributed by atoms with Crippen molar-refractivity contribution >= 4 is 19.4 Å². The molecule has 0 amide bonds. The van der Waals surface area contributed by atoms with Crippen LogP contribution in [0.5, 0.6) is 0 Å². The number of aromatic amines is 1. The van der Waals surface area contributed by atoms with Gasteiger partial charge in [0, 0.05) is 12.4 Å². The molecule has 0 fully saturated rings. The fraction of sp³-hybridized carbons (Fsp3) is 0. The van der Waals surface area contributed by atoms with Gasteiger partial charge in [0.05, 0.1) is 0 Å². The Labute approximate surface area is 63.3 Å². The van der Waals surface area contributed by atoms with E-state index in [9.17, 15) is 0 Å². The van der Waals surface area contributed by atoms with E-state index in [4.69, 9.17) is 19.4 Å². The van der Waals surface area contributed by atoms with Gasteiger partial charge in [0.25, 0.3) is 0 Å². The van der Waals surface area contributed by atoms with Crippen molar-refractivity contribution in [3.63, 3.8) is 0 Å². The Morgan fingerprint density at radius 1 is 1.50 bits per heavy atom. The first kappa shape index (κ1) is 8.41. The summed E-state index contributed by atoms with van der Waals surface area (Å²) in [4.78, 5) is 0. The van der Waals surface area contributed by atoms with Crippen LogP contribution in [0, 0.1) is 0 Å². The van der Waals surface area contributed by atoms with Crippen molar-refractivity contribution in [3.05, 3.63) is 18.5 Å². The SMILES string of the molecule is [Cl][Rh][Cl].c1cn[nH]c1. The first-order chi connectivity index (χ1) is 3.91. The monoisotopic (exact) mass is 241 g/mol. The van der Waals surface area contributed by atoms with Crippen molar-refractivity contribution in [2.45, 2.75) is 0 Å². The second-order valence-electron chi connectivity index (χ2n) is 0.814. The molecule has 0 atom stereocenters. The summed E-state index contributed by atoms with van der Waals surface area (Å²) in [5.41, 5.74) is 0. The third-order valence-electron chi connectivity index (χ3n) is 0.406. The summed E-state index contributed by atoms with van der Waals surface area (Å²) < 4.78 is 0. The molecule has 0 spiro atoms. The van der Waals surface area contributed by atoms with E-state index in [1.54, 1.807) is 12.4 Å². The number of nitrogens with zero attached hydrogens (tertiary/aromatic N) is 1. The Hall–Kier alpha value is 0.413. The van der Waals surface area contributed by atoms with Crippen LogP contribution in [0.1, 0.15) is 0 Å². The van der Waals surface area contributed by atoms with Crippen molar-refractivity contribution in [3.8, 4) is 0 Å². The normalized spacial score (nSPS) is 7.75. The molecule has 1 rings (SSSR count). The maximum atomic E-state index is 4.83. The van der Waals surface area contributed by atoms with Crippen LogP contribution in [0.15, 0.2) is 18.5 Å². The van der Waals surface area contributed by atoms with Gasteiger partial charge in [-0.2, -0.15) is 5.10 Å². The second-order valence-corrected chi connectivity index (χ2v) is 3.30. The molecule has 0 unspecified atom stereocenters. The fourth-order valence-electron chi connectivity index (χ4n) is 0.215. The van der Waals surface area contributed by atoms with Gasteiger partial charge in [-0.1, -0.05) is 0 Å². The number of rotatable bonds is 0.